The van der Waals surface area contributed by atoms with Gasteiger partial charge in [-0.1, -0.05) is 31.2 Å². The Hall–Kier alpha value is -2.36. The summed E-state index contributed by atoms with van der Waals surface area (Å²) >= 11 is 0. The van der Waals surface area contributed by atoms with Gasteiger partial charge in [0.05, 0.1) is 0 Å². The van der Waals surface area contributed by atoms with Crippen molar-refractivity contribution in [3.63, 3.8) is 0 Å². The zero-order chi connectivity index (χ0) is 13.8. The fourth-order valence-corrected chi connectivity index (χ4v) is 1.85. The topological polar surface area (TPSA) is 63.6 Å². The zero-order valence-corrected chi connectivity index (χ0v) is 10.6. The third-order valence-corrected chi connectivity index (χ3v) is 2.76. The number of carbonyl (C=O) groups is 2. The van der Waals surface area contributed by atoms with E-state index in [1.54, 1.807) is 6.07 Å². The fourth-order valence-electron chi connectivity index (χ4n) is 1.85. The Labute approximate surface area is 110 Å². The number of carboxylic acid groups (broad SMARTS) is 1. The Morgan fingerprint density at radius 1 is 1.16 bits per heavy atom. The first kappa shape index (κ1) is 13.1. The smallest absolute Gasteiger partial charge is 0.339 e. The Bertz CT molecular complexity index is 631. The second-order valence-corrected chi connectivity index (χ2v) is 4.22. The lowest BCUT2D eigenvalue weighted by Gasteiger charge is -2.09. The van der Waals surface area contributed by atoms with Gasteiger partial charge >= 0.3 is 11.9 Å². The van der Waals surface area contributed by atoms with Gasteiger partial charge in [0.15, 0.2) is 0 Å². The summed E-state index contributed by atoms with van der Waals surface area (Å²) in [6.07, 6.45) is 0.931. The van der Waals surface area contributed by atoms with Crippen LogP contribution in [0.15, 0.2) is 36.4 Å². The molecule has 0 unspecified atom stereocenters. The van der Waals surface area contributed by atoms with Gasteiger partial charge in [-0.2, -0.15) is 0 Å². The van der Waals surface area contributed by atoms with Crippen LogP contribution >= 0.6 is 0 Å². The third-order valence-electron chi connectivity index (χ3n) is 2.76. The summed E-state index contributed by atoms with van der Waals surface area (Å²) < 4.78 is 5.14. The van der Waals surface area contributed by atoms with Gasteiger partial charge in [0.2, 0.25) is 0 Å². The van der Waals surface area contributed by atoms with Crippen molar-refractivity contribution in [2.45, 2.75) is 19.8 Å². The molecule has 0 atom stereocenters. The van der Waals surface area contributed by atoms with E-state index >= 15 is 0 Å². The lowest BCUT2D eigenvalue weighted by Crippen LogP contribution is -2.10. The van der Waals surface area contributed by atoms with Gasteiger partial charge in [0.25, 0.3) is 0 Å². The highest BCUT2D eigenvalue weighted by Crippen LogP contribution is 2.26. The summed E-state index contributed by atoms with van der Waals surface area (Å²) in [5, 5.41) is 10.8. The van der Waals surface area contributed by atoms with E-state index in [0.717, 1.165) is 10.8 Å². The number of carbonyl (C=O) groups excluding carboxylic acids is 1. The van der Waals surface area contributed by atoms with Crippen molar-refractivity contribution in [1.82, 2.24) is 0 Å². The highest BCUT2D eigenvalue weighted by molar-refractivity contribution is 5.98. The van der Waals surface area contributed by atoms with E-state index in [9.17, 15) is 14.7 Å². The van der Waals surface area contributed by atoms with Crippen LogP contribution in [0.2, 0.25) is 0 Å². The minimum atomic E-state index is -1.11. The molecule has 0 fully saturated rings. The van der Waals surface area contributed by atoms with Gasteiger partial charge in [0.1, 0.15) is 11.3 Å². The first-order valence-corrected chi connectivity index (χ1v) is 6.08. The van der Waals surface area contributed by atoms with Crippen LogP contribution in [0.4, 0.5) is 0 Å². The number of ether oxygens (including phenoxy) is 1. The number of carboxylic acids is 1. The number of hydrogen-bond donors (Lipinski definition) is 1. The van der Waals surface area contributed by atoms with Gasteiger partial charge in [-0.25, -0.2) is 4.79 Å². The highest BCUT2D eigenvalue weighted by atomic mass is 16.5. The van der Waals surface area contributed by atoms with Gasteiger partial charge in [0, 0.05) is 6.42 Å². The third kappa shape index (κ3) is 2.91. The molecule has 0 radical (unpaired) electrons. The molecule has 4 nitrogen and oxygen atoms in total. The van der Waals surface area contributed by atoms with Crippen molar-refractivity contribution in [3.8, 4) is 5.75 Å². The van der Waals surface area contributed by atoms with E-state index in [4.69, 9.17) is 4.74 Å². The maximum atomic E-state index is 11.5. The van der Waals surface area contributed by atoms with Crippen LogP contribution in [0.5, 0.6) is 5.75 Å². The molecule has 2 rings (SSSR count). The van der Waals surface area contributed by atoms with Gasteiger partial charge in [-0.3, -0.25) is 4.79 Å². The molecule has 0 spiro atoms. The lowest BCUT2D eigenvalue weighted by atomic mass is 10.1. The summed E-state index contributed by atoms with van der Waals surface area (Å²) in [5.41, 5.74) is 0.00292. The predicted molar refractivity (Wildman–Crippen MR) is 71.5 cm³/mol. The molecule has 1 N–H and O–H groups in total. The van der Waals surface area contributed by atoms with E-state index in [0.29, 0.717) is 6.42 Å². The molecule has 0 aliphatic carbocycles. The van der Waals surface area contributed by atoms with Crippen molar-refractivity contribution < 1.29 is 19.4 Å². The molecule has 0 saturated heterocycles. The molecule has 0 heterocycles. The van der Waals surface area contributed by atoms with Crippen molar-refractivity contribution in [3.05, 3.63) is 42.0 Å². The maximum Gasteiger partial charge on any atom is 0.339 e. The van der Waals surface area contributed by atoms with E-state index < -0.39 is 11.9 Å². The standard InChI is InChI=1S/C15H14O4/c1-2-5-14(16)19-13-9-11-7-4-3-6-10(11)8-12(13)15(17)18/h3-4,6-9H,2,5H2,1H3,(H,17,18). The van der Waals surface area contributed by atoms with Crippen molar-refractivity contribution in [1.29, 1.82) is 0 Å². The Morgan fingerprint density at radius 2 is 1.79 bits per heavy atom. The molecule has 0 bridgehead atoms. The minimum Gasteiger partial charge on any atom is -0.478 e. The molecule has 0 aromatic heterocycles. The average molecular weight is 258 g/mol. The Morgan fingerprint density at radius 3 is 2.37 bits per heavy atom. The van der Waals surface area contributed by atoms with Crippen LogP contribution in [-0.2, 0) is 4.79 Å². The van der Waals surface area contributed by atoms with Crippen LogP contribution in [0.3, 0.4) is 0 Å². The van der Waals surface area contributed by atoms with E-state index in [1.165, 1.54) is 6.07 Å². The number of benzene rings is 2. The van der Waals surface area contributed by atoms with Crippen LogP contribution in [0.1, 0.15) is 30.1 Å². The van der Waals surface area contributed by atoms with E-state index in [2.05, 4.69) is 0 Å². The summed E-state index contributed by atoms with van der Waals surface area (Å²) in [4.78, 5) is 22.7. The number of hydrogen-bond acceptors (Lipinski definition) is 3. The number of aromatic carboxylic acids is 1. The summed E-state index contributed by atoms with van der Waals surface area (Å²) in [6, 6.07) is 10.5. The maximum absolute atomic E-state index is 11.5. The number of esters is 1. The monoisotopic (exact) mass is 258 g/mol. The molecule has 98 valence electrons. The van der Waals surface area contributed by atoms with E-state index in [1.807, 2.05) is 31.2 Å². The minimum absolute atomic E-state index is 0.00292. The normalized spacial score (nSPS) is 10.4. The molecule has 0 aliphatic heterocycles. The second kappa shape index (κ2) is 5.52. The van der Waals surface area contributed by atoms with Crippen LogP contribution < -0.4 is 4.74 Å². The van der Waals surface area contributed by atoms with Gasteiger partial charge < -0.3 is 9.84 Å². The molecule has 0 amide bonds. The molecule has 0 saturated carbocycles. The first-order chi connectivity index (χ1) is 9.11. The molecule has 19 heavy (non-hydrogen) atoms. The average Bonchev–Trinajstić information content (AvgIpc) is 2.38. The number of rotatable bonds is 4. The fraction of sp³-hybridized carbons (Fsp3) is 0.200. The molecule has 2 aromatic rings. The van der Waals surface area contributed by atoms with Crippen molar-refractivity contribution >= 4 is 22.7 Å². The number of fused-ring (bicyclic) bond motifs is 1. The summed E-state index contributed by atoms with van der Waals surface area (Å²) in [6.45, 7) is 1.86. The highest BCUT2D eigenvalue weighted by Gasteiger charge is 2.15. The van der Waals surface area contributed by atoms with Gasteiger partial charge in [-0.15, -0.1) is 0 Å². The lowest BCUT2D eigenvalue weighted by molar-refractivity contribution is -0.134. The first-order valence-electron chi connectivity index (χ1n) is 6.08. The van der Waals surface area contributed by atoms with Crippen molar-refractivity contribution in [2.24, 2.45) is 0 Å². The van der Waals surface area contributed by atoms with Crippen LogP contribution in [0, 0.1) is 0 Å². The van der Waals surface area contributed by atoms with Crippen molar-refractivity contribution in [2.75, 3.05) is 0 Å². The molecular weight excluding hydrogens is 244 g/mol. The Balaban J connectivity index is 2.47. The summed E-state index contributed by atoms with van der Waals surface area (Å²) in [7, 11) is 0. The quantitative estimate of drug-likeness (QED) is 0.675. The predicted octanol–water partition coefficient (Wildman–Crippen LogP) is 3.24. The zero-order valence-electron chi connectivity index (χ0n) is 10.6. The summed E-state index contributed by atoms with van der Waals surface area (Å²) in [5.74, 6) is -1.42. The van der Waals surface area contributed by atoms with Crippen LogP contribution in [-0.4, -0.2) is 17.0 Å². The molecule has 4 heteroatoms. The molecular formula is C15H14O4. The molecule has 2 aromatic carbocycles. The molecule has 0 aliphatic rings. The largest absolute Gasteiger partial charge is 0.478 e. The second-order valence-electron chi connectivity index (χ2n) is 4.22. The van der Waals surface area contributed by atoms with Gasteiger partial charge in [-0.05, 0) is 29.3 Å². The Kier molecular flexibility index (Phi) is 3.80. The van der Waals surface area contributed by atoms with E-state index in [-0.39, 0.29) is 17.7 Å². The SMILES string of the molecule is CCCC(=O)Oc1cc2ccccc2cc1C(=O)O. The van der Waals surface area contributed by atoms with Crippen LogP contribution in [0.25, 0.3) is 10.8 Å².